The maximum absolute atomic E-state index is 12.2. The lowest BCUT2D eigenvalue weighted by Gasteiger charge is -2.23. The standard InChI is InChI=1S/C17H15N3O4S/c1-10-6-7-11(8-13(10)20(23)24)18-16(21)9-15-17(22)19-12-4-2-3-5-14(12)25-15/h2-8,15H,9H2,1H3,(H,18,21)(H,19,22)/t15-/m0/s1. The van der Waals surface area contributed by atoms with Crippen molar-refractivity contribution in [2.45, 2.75) is 23.5 Å². The van der Waals surface area contributed by atoms with E-state index in [0.29, 0.717) is 11.3 Å². The van der Waals surface area contributed by atoms with Crippen LogP contribution < -0.4 is 10.6 Å². The number of benzene rings is 2. The Morgan fingerprint density at radius 1 is 1.32 bits per heavy atom. The fourth-order valence-electron chi connectivity index (χ4n) is 2.49. The molecule has 0 saturated heterocycles. The van der Waals surface area contributed by atoms with Crippen LogP contribution in [0.15, 0.2) is 47.4 Å². The van der Waals surface area contributed by atoms with Gasteiger partial charge in [0, 0.05) is 28.6 Å². The molecule has 128 valence electrons. The number of rotatable bonds is 4. The van der Waals surface area contributed by atoms with Crippen molar-refractivity contribution in [2.75, 3.05) is 10.6 Å². The lowest BCUT2D eigenvalue weighted by Crippen LogP contribution is -2.32. The highest BCUT2D eigenvalue weighted by molar-refractivity contribution is 8.01. The van der Waals surface area contributed by atoms with E-state index in [2.05, 4.69) is 10.6 Å². The van der Waals surface area contributed by atoms with Gasteiger partial charge >= 0.3 is 0 Å². The van der Waals surface area contributed by atoms with Crippen molar-refractivity contribution in [1.29, 1.82) is 0 Å². The van der Waals surface area contributed by atoms with E-state index >= 15 is 0 Å². The molecule has 0 fully saturated rings. The third-order valence-electron chi connectivity index (χ3n) is 3.77. The molecule has 0 saturated carbocycles. The topological polar surface area (TPSA) is 101 Å². The molecule has 0 spiro atoms. The molecule has 0 aromatic heterocycles. The van der Waals surface area contributed by atoms with E-state index in [1.165, 1.54) is 17.8 Å². The zero-order chi connectivity index (χ0) is 18.0. The van der Waals surface area contributed by atoms with Crippen LogP contribution in [0.1, 0.15) is 12.0 Å². The van der Waals surface area contributed by atoms with Crippen LogP contribution in [0.2, 0.25) is 0 Å². The highest BCUT2D eigenvalue weighted by Crippen LogP contribution is 2.36. The average molecular weight is 357 g/mol. The number of para-hydroxylation sites is 1. The second kappa shape index (κ2) is 6.94. The number of amides is 2. The molecular formula is C17H15N3O4S. The molecule has 2 aromatic rings. The smallest absolute Gasteiger partial charge is 0.274 e. The van der Waals surface area contributed by atoms with Gasteiger partial charge in [-0.15, -0.1) is 11.8 Å². The summed E-state index contributed by atoms with van der Waals surface area (Å²) < 4.78 is 0. The second-order valence-corrected chi connectivity index (χ2v) is 6.85. The first kappa shape index (κ1) is 17.0. The van der Waals surface area contributed by atoms with Gasteiger partial charge in [-0.3, -0.25) is 19.7 Å². The molecule has 3 rings (SSSR count). The van der Waals surface area contributed by atoms with Gasteiger partial charge in [-0.25, -0.2) is 0 Å². The molecule has 1 aliphatic rings. The molecule has 8 heteroatoms. The van der Waals surface area contributed by atoms with Gasteiger partial charge in [0.1, 0.15) is 0 Å². The Balaban J connectivity index is 1.68. The zero-order valence-electron chi connectivity index (χ0n) is 13.3. The van der Waals surface area contributed by atoms with E-state index in [-0.39, 0.29) is 23.9 Å². The summed E-state index contributed by atoms with van der Waals surface area (Å²) in [5.74, 6) is -0.598. The van der Waals surface area contributed by atoms with E-state index in [1.807, 2.05) is 24.3 Å². The van der Waals surface area contributed by atoms with Crippen LogP contribution in [0.3, 0.4) is 0 Å². The van der Waals surface area contributed by atoms with E-state index in [9.17, 15) is 19.7 Å². The van der Waals surface area contributed by atoms with Crippen LogP contribution in [-0.2, 0) is 9.59 Å². The van der Waals surface area contributed by atoms with E-state index < -0.39 is 10.2 Å². The van der Waals surface area contributed by atoms with Crippen LogP contribution in [0.5, 0.6) is 0 Å². The predicted molar refractivity (Wildman–Crippen MR) is 95.8 cm³/mol. The highest BCUT2D eigenvalue weighted by Gasteiger charge is 2.28. The quantitative estimate of drug-likeness (QED) is 0.645. The first-order valence-electron chi connectivity index (χ1n) is 7.55. The van der Waals surface area contributed by atoms with E-state index in [1.54, 1.807) is 19.1 Å². The highest BCUT2D eigenvalue weighted by atomic mass is 32.2. The summed E-state index contributed by atoms with van der Waals surface area (Å²) in [4.78, 5) is 35.7. The number of nitro benzene ring substituents is 1. The van der Waals surface area contributed by atoms with Crippen molar-refractivity contribution in [2.24, 2.45) is 0 Å². The molecule has 0 radical (unpaired) electrons. The van der Waals surface area contributed by atoms with Crippen LogP contribution in [-0.4, -0.2) is 22.0 Å². The van der Waals surface area contributed by atoms with Crippen molar-refractivity contribution >= 4 is 40.6 Å². The van der Waals surface area contributed by atoms with Gasteiger partial charge in [0.2, 0.25) is 11.8 Å². The molecule has 1 aliphatic heterocycles. The number of nitrogens with zero attached hydrogens (tertiary/aromatic N) is 1. The molecule has 2 N–H and O–H groups in total. The Hall–Kier alpha value is -2.87. The van der Waals surface area contributed by atoms with Crippen LogP contribution >= 0.6 is 11.8 Å². The number of nitro groups is 1. The molecule has 1 atom stereocenters. The van der Waals surface area contributed by atoms with E-state index in [4.69, 9.17) is 0 Å². The number of hydrogen-bond donors (Lipinski definition) is 2. The number of carbonyl (C=O) groups excluding carboxylic acids is 2. The fraction of sp³-hybridized carbons (Fsp3) is 0.176. The van der Waals surface area contributed by atoms with Crippen molar-refractivity contribution in [3.05, 3.63) is 58.1 Å². The Morgan fingerprint density at radius 2 is 2.08 bits per heavy atom. The summed E-state index contributed by atoms with van der Waals surface area (Å²) in [6.07, 6.45) is -0.0213. The summed E-state index contributed by atoms with van der Waals surface area (Å²) in [6, 6.07) is 11.9. The number of thioether (sulfide) groups is 1. The lowest BCUT2D eigenvalue weighted by atomic mass is 10.1. The van der Waals surface area contributed by atoms with E-state index in [0.717, 1.165) is 10.6 Å². The zero-order valence-corrected chi connectivity index (χ0v) is 14.1. The number of aryl methyl sites for hydroxylation is 1. The SMILES string of the molecule is Cc1ccc(NC(=O)C[C@@H]2Sc3ccccc3NC2=O)cc1[N+](=O)[O-]. The van der Waals surface area contributed by atoms with Gasteiger partial charge in [-0.1, -0.05) is 18.2 Å². The lowest BCUT2D eigenvalue weighted by molar-refractivity contribution is -0.385. The van der Waals surface area contributed by atoms with Gasteiger partial charge in [-0.05, 0) is 25.1 Å². The summed E-state index contributed by atoms with van der Waals surface area (Å²) in [5.41, 5.74) is 1.53. The fourth-order valence-corrected chi connectivity index (χ4v) is 3.60. The van der Waals surface area contributed by atoms with Crippen molar-refractivity contribution in [1.82, 2.24) is 0 Å². The molecule has 0 aliphatic carbocycles. The van der Waals surface area contributed by atoms with Gasteiger partial charge in [0.05, 0.1) is 15.9 Å². The predicted octanol–water partition coefficient (Wildman–Crippen LogP) is 3.34. The van der Waals surface area contributed by atoms with Crippen molar-refractivity contribution in [3.63, 3.8) is 0 Å². The second-order valence-electron chi connectivity index (χ2n) is 5.60. The Labute approximate surface area is 148 Å². The van der Waals surface area contributed by atoms with Crippen LogP contribution in [0.25, 0.3) is 0 Å². The normalized spacial score (nSPS) is 15.9. The third kappa shape index (κ3) is 3.80. The number of hydrogen-bond acceptors (Lipinski definition) is 5. The molecule has 2 aromatic carbocycles. The van der Waals surface area contributed by atoms with Gasteiger partial charge < -0.3 is 10.6 Å². The van der Waals surface area contributed by atoms with Crippen LogP contribution in [0, 0.1) is 17.0 Å². The molecular weight excluding hydrogens is 342 g/mol. The Kier molecular flexibility index (Phi) is 4.71. The number of carbonyl (C=O) groups is 2. The first-order valence-corrected chi connectivity index (χ1v) is 8.43. The number of anilines is 2. The summed E-state index contributed by atoms with van der Waals surface area (Å²) in [6.45, 7) is 1.63. The molecule has 7 nitrogen and oxygen atoms in total. The third-order valence-corrected chi connectivity index (χ3v) is 5.04. The maximum Gasteiger partial charge on any atom is 0.274 e. The number of nitrogens with one attached hydrogen (secondary N) is 2. The monoisotopic (exact) mass is 357 g/mol. The Bertz CT molecular complexity index is 869. The largest absolute Gasteiger partial charge is 0.326 e. The van der Waals surface area contributed by atoms with Crippen molar-refractivity contribution < 1.29 is 14.5 Å². The summed E-state index contributed by atoms with van der Waals surface area (Å²) in [7, 11) is 0. The average Bonchev–Trinajstić information content (AvgIpc) is 2.57. The molecule has 0 bridgehead atoms. The van der Waals surface area contributed by atoms with Crippen molar-refractivity contribution in [3.8, 4) is 0 Å². The van der Waals surface area contributed by atoms with Gasteiger partial charge in [0.25, 0.3) is 5.69 Å². The van der Waals surface area contributed by atoms with Gasteiger partial charge in [0.15, 0.2) is 0 Å². The Morgan fingerprint density at radius 3 is 2.84 bits per heavy atom. The maximum atomic E-state index is 12.2. The minimum Gasteiger partial charge on any atom is -0.326 e. The molecule has 1 heterocycles. The minimum absolute atomic E-state index is 0.0213. The van der Waals surface area contributed by atoms with Gasteiger partial charge in [-0.2, -0.15) is 0 Å². The molecule has 2 amide bonds. The number of fused-ring (bicyclic) bond motifs is 1. The summed E-state index contributed by atoms with van der Waals surface area (Å²) >= 11 is 1.33. The first-order chi connectivity index (χ1) is 11.9. The van der Waals surface area contributed by atoms with Crippen LogP contribution in [0.4, 0.5) is 17.1 Å². The molecule has 25 heavy (non-hydrogen) atoms. The minimum atomic E-state index is -0.546. The molecule has 0 unspecified atom stereocenters. The summed E-state index contributed by atoms with van der Waals surface area (Å²) in [5, 5.41) is 15.8.